The van der Waals surface area contributed by atoms with Crippen LogP contribution >= 0.6 is 0 Å². The molecule has 0 amide bonds. The first-order valence-electron chi connectivity index (χ1n) is 2.83. The maximum atomic E-state index is 9.68. The Morgan fingerprint density at radius 1 is 1.44 bits per heavy atom. The van der Waals surface area contributed by atoms with Crippen LogP contribution < -0.4 is 0 Å². The predicted octanol–water partition coefficient (Wildman–Crippen LogP) is 0.632. The Hall–Kier alpha value is -0.930. The minimum atomic E-state index is -0.370. The van der Waals surface area contributed by atoms with Gasteiger partial charge in [-0.15, -0.1) is 0 Å². The highest BCUT2D eigenvalue weighted by Crippen LogP contribution is 1.91. The molecule has 0 spiro atoms. The highest BCUT2D eigenvalue weighted by Gasteiger charge is 1.94. The van der Waals surface area contributed by atoms with Crippen LogP contribution in [0.15, 0.2) is 0 Å². The molecule has 0 bridgehead atoms. The number of hydrogen-bond acceptors (Lipinski definition) is 3. The van der Waals surface area contributed by atoms with Gasteiger partial charge in [0.1, 0.15) is 6.29 Å². The maximum Gasteiger partial charge on any atom is 0.203 e. The Morgan fingerprint density at radius 3 is 2.56 bits per heavy atom. The van der Waals surface area contributed by atoms with Crippen LogP contribution in [-0.4, -0.2) is 17.8 Å². The molecule has 9 heavy (non-hydrogen) atoms. The molecule has 0 N–H and O–H groups in total. The van der Waals surface area contributed by atoms with Crippen molar-refractivity contribution in [2.24, 2.45) is 0 Å². The van der Waals surface area contributed by atoms with Gasteiger partial charge in [-0.3, -0.25) is 10.1 Å². The first kappa shape index (κ1) is 8.07. The van der Waals surface area contributed by atoms with E-state index in [1.54, 1.807) is 0 Å². The molecule has 0 aromatic carbocycles. The summed E-state index contributed by atoms with van der Waals surface area (Å²) in [5.74, 6) is 0. The summed E-state index contributed by atoms with van der Waals surface area (Å²) in [5, 5.41) is 9.68. The molecule has 0 atom stereocenters. The second kappa shape index (κ2) is 5.21. The van der Waals surface area contributed by atoms with E-state index in [1.807, 2.05) is 0 Å². The normalized spacial score (nSPS) is 8.89. The molecule has 4 heteroatoms. The topological polar surface area (TPSA) is 60.2 Å². The molecule has 0 saturated heterocycles. The standard InChI is InChI=1S/C5H9NO3/c7-5-3-1-2-4-6(8)9/h5H,1-4H2. The number of aldehydes is 1. The van der Waals surface area contributed by atoms with Crippen molar-refractivity contribution >= 4 is 6.29 Å². The van der Waals surface area contributed by atoms with Crippen molar-refractivity contribution in [1.82, 2.24) is 0 Å². The van der Waals surface area contributed by atoms with Gasteiger partial charge in [0.15, 0.2) is 0 Å². The maximum absolute atomic E-state index is 9.68. The van der Waals surface area contributed by atoms with Crippen molar-refractivity contribution in [1.29, 1.82) is 0 Å². The van der Waals surface area contributed by atoms with E-state index < -0.39 is 0 Å². The van der Waals surface area contributed by atoms with Gasteiger partial charge in [-0.1, -0.05) is 0 Å². The Labute approximate surface area is 53.0 Å². The highest BCUT2D eigenvalue weighted by atomic mass is 16.6. The number of carbonyl (C=O) groups is 1. The SMILES string of the molecule is O=CCCCC[N+](=O)[O-]. The highest BCUT2D eigenvalue weighted by molar-refractivity contribution is 5.48. The molecule has 0 unspecified atom stereocenters. The molecular formula is C5H9NO3. The van der Waals surface area contributed by atoms with Crippen molar-refractivity contribution in [3.63, 3.8) is 0 Å². The Kier molecular flexibility index (Phi) is 4.67. The number of rotatable bonds is 5. The molecule has 0 radical (unpaired) electrons. The molecule has 52 valence electrons. The fourth-order valence-corrected chi connectivity index (χ4v) is 0.469. The van der Waals surface area contributed by atoms with Gasteiger partial charge in [-0.2, -0.15) is 0 Å². The third-order valence-electron chi connectivity index (χ3n) is 0.913. The van der Waals surface area contributed by atoms with Gasteiger partial charge in [0.25, 0.3) is 0 Å². The Morgan fingerprint density at radius 2 is 2.11 bits per heavy atom. The van der Waals surface area contributed by atoms with E-state index in [1.165, 1.54) is 0 Å². The number of carbonyl (C=O) groups excluding carboxylic acids is 1. The zero-order chi connectivity index (χ0) is 7.11. The van der Waals surface area contributed by atoms with Crippen LogP contribution in [0.25, 0.3) is 0 Å². The van der Waals surface area contributed by atoms with E-state index in [0.717, 1.165) is 6.29 Å². The lowest BCUT2D eigenvalue weighted by Gasteiger charge is -1.88. The molecule has 0 rings (SSSR count). The van der Waals surface area contributed by atoms with E-state index in [9.17, 15) is 14.9 Å². The summed E-state index contributed by atoms with van der Waals surface area (Å²) < 4.78 is 0. The van der Waals surface area contributed by atoms with Crippen LogP contribution in [0.5, 0.6) is 0 Å². The number of nitrogens with zero attached hydrogens (tertiary/aromatic N) is 1. The van der Waals surface area contributed by atoms with Crippen LogP contribution in [0.2, 0.25) is 0 Å². The van der Waals surface area contributed by atoms with E-state index in [4.69, 9.17) is 0 Å². The molecule has 4 nitrogen and oxygen atoms in total. The lowest BCUT2D eigenvalue weighted by atomic mass is 10.2. The van der Waals surface area contributed by atoms with Gasteiger partial charge in [0.05, 0.1) is 0 Å². The van der Waals surface area contributed by atoms with E-state index >= 15 is 0 Å². The third kappa shape index (κ3) is 7.07. The summed E-state index contributed by atoms with van der Waals surface area (Å²) in [4.78, 5) is 19.0. The van der Waals surface area contributed by atoms with Gasteiger partial charge in [0.2, 0.25) is 6.54 Å². The molecule has 0 heterocycles. The Balaban J connectivity index is 2.91. The second-order valence-corrected chi connectivity index (χ2v) is 1.72. The van der Waals surface area contributed by atoms with Crippen LogP contribution in [-0.2, 0) is 4.79 Å². The summed E-state index contributed by atoms with van der Waals surface area (Å²) in [5.41, 5.74) is 0. The van der Waals surface area contributed by atoms with Gasteiger partial charge in [-0.05, 0) is 6.42 Å². The minimum absolute atomic E-state index is 0.0200. The second-order valence-electron chi connectivity index (χ2n) is 1.72. The summed E-state index contributed by atoms with van der Waals surface area (Å²) in [6, 6.07) is 0. The van der Waals surface area contributed by atoms with Gasteiger partial charge < -0.3 is 4.79 Å². The first-order chi connectivity index (χ1) is 4.27. The quantitative estimate of drug-likeness (QED) is 0.238. The van der Waals surface area contributed by atoms with E-state index in [0.29, 0.717) is 19.3 Å². The van der Waals surface area contributed by atoms with Crippen molar-refractivity contribution in [3.8, 4) is 0 Å². The van der Waals surface area contributed by atoms with Gasteiger partial charge in [-0.25, -0.2) is 0 Å². The van der Waals surface area contributed by atoms with Gasteiger partial charge >= 0.3 is 0 Å². The third-order valence-corrected chi connectivity index (χ3v) is 0.913. The van der Waals surface area contributed by atoms with E-state index in [2.05, 4.69) is 0 Å². The zero-order valence-corrected chi connectivity index (χ0v) is 5.08. The summed E-state index contributed by atoms with van der Waals surface area (Å²) >= 11 is 0. The van der Waals surface area contributed by atoms with Gasteiger partial charge in [0, 0.05) is 17.8 Å². The number of hydrogen-bond donors (Lipinski definition) is 0. The molecule has 0 aliphatic heterocycles. The molecule has 0 fully saturated rings. The molecular weight excluding hydrogens is 122 g/mol. The fourth-order valence-electron chi connectivity index (χ4n) is 0.469. The molecule has 0 aliphatic rings. The number of unbranched alkanes of at least 4 members (excludes halogenated alkanes) is 2. The van der Waals surface area contributed by atoms with Crippen molar-refractivity contribution in [3.05, 3.63) is 10.1 Å². The van der Waals surface area contributed by atoms with Crippen molar-refractivity contribution < 1.29 is 9.72 Å². The molecule has 0 aliphatic carbocycles. The molecule has 0 aromatic rings. The average Bonchev–Trinajstić information content (AvgIpc) is 1.80. The number of nitro groups is 1. The van der Waals surface area contributed by atoms with Crippen LogP contribution in [0, 0.1) is 10.1 Å². The van der Waals surface area contributed by atoms with Crippen LogP contribution in [0.4, 0.5) is 0 Å². The Bertz CT molecular complexity index is 102. The van der Waals surface area contributed by atoms with Crippen molar-refractivity contribution in [2.45, 2.75) is 19.3 Å². The fraction of sp³-hybridized carbons (Fsp3) is 0.800. The zero-order valence-electron chi connectivity index (χ0n) is 5.08. The van der Waals surface area contributed by atoms with Crippen LogP contribution in [0.1, 0.15) is 19.3 Å². The average molecular weight is 131 g/mol. The molecule has 0 aromatic heterocycles. The molecule has 0 saturated carbocycles. The summed E-state index contributed by atoms with van der Waals surface area (Å²) in [6.07, 6.45) is 2.35. The van der Waals surface area contributed by atoms with Crippen LogP contribution in [0.3, 0.4) is 0 Å². The van der Waals surface area contributed by atoms with E-state index in [-0.39, 0.29) is 11.5 Å². The minimum Gasteiger partial charge on any atom is -0.303 e. The smallest absolute Gasteiger partial charge is 0.203 e. The van der Waals surface area contributed by atoms with Crippen molar-refractivity contribution in [2.75, 3.05) is 6.54 Å². The lowest BCUT2D eigenvalue weighted by molar-refractivity contribution is -0.480. The largest absolute Gasteiger partial charge is 0.303 e. The summed E-state index contributed by atoms with van der Waals surface area (Å²) in [6.45, 7) is -0.0200. The predicted molar refractivity (Wildman–Crippen MR) is 31.8 cm³/mol. The monoisotopic (exact) mass is 131 g/mol. The summed E-state index contributed by atoms with van der Waals surface area (Å²) in [7, 11) is 0. The first-order valence-corrected chi connectivity index (χ1v) is 2.83. The lowest BCUT2D eigenvalue weighted by Crippen LogP contribution is -1.99.